The number of ketones is 1. The summed E-state index contributed by atoms with van der Waals surface area (Å²) >= 11 is 0. The zero-order chi connectivity index (χ0) is 26.1. The molecule has 6 heteroatoms. The van der Waals surface area contributed by atoms with E-state index in [9.17, 15) is 14.7 Å². The van der Waals surface area contributed by atoms with Gasteiger partial charge in [-0.15, -0.1) is 0 Å². The third kappa shape index (κ3) is 4.24. The Bertz CT molecular complexity index is 1350. The zero-order valence-electron chi connectivity index (χ0n) is 21.5. The molecular formula is C30H31NO5. The maximum absolute atomic E-state index is 13.5. The number of hydrogen-bond acceptors (Lipinski definition) is 5. The number of carbonyl (C=O) groups is 2. The lowest BCUT2D eigenvalue weighted by Crippen LogP contribution is -2.29. The van der Waals surface area contributed by atoms with Crippen molar-refractivity contribution in [3.63, 3.8) is 0 Å². The van der Waals surface area contributed by atoms with Crippen LogP contribution in [0.5, 0.6) is 11.5 Å². The summed E-state index contributed by atoms with van der Waals surface area (Å²) in [5.41, 5.74) is 4.43. The van der Waals surface area contributed by atoms with Crippen LogP contribution in [-0.4, -0.2) is 31.0 Å². The highest BCUT2D eigenvalue weighted by atomic mass is 16.5. The van der Waals surface area contributed by atoms with Gasteiger partial charge in [0.05, 0.1) is 25.8 Å². The Morgan fingerprint density at radius 2 is 1.58 bits per heavy atom. The van der Waals surface area contributed by atoms with E-state index in [-0.39, 0.29) is 17.3 Å². The number of carbonyl (C=O) groups excluding carboxylic acids is 2. The van der Waals surface area contributed by atoms with Crippen LogP contribution in [0.25, 0.3) is 5.76 Å². The molecule has 1 aliphatic heterocycles. The van der Waals surface area contributed by atoms with Crippen molar-refractivity contribution in [2.24, 2.45) is 0 Å². The minimum absolute atomic E-state index is 0.0630. The molecule has 1 saturated heterocycles. The summed E-state index contributed by atoms with van der Waals surface area (Å²) < 4.78 is 10.8. The van der Waals surface area contributed by atoms with Crippen molar-refractivity contribution in [1.29, 1.82) is 0 Å². The highest BCUT2D eigenvalue weighted by molar-refractivity contribution is 6.51. The first kappa shape index (κ1) is 25.0. The van der Waals surface area contributed by atoms with Gasteiger partial charge >= 0.3 is 0 Å². The molecule has 6 nitrogen and oxygen atoms in total. The van der Waals surface area contributed by atoms with E-state index in [1.807, 2.05) is 64.1 Å². The largest absolute Gasteiger partial charge is 0.507 e. The molecule has 0 bridgehead atoms. The molecule has 0 radical (unpaired) electrons. The molecule has 4 rings (SSSR count). The van der Waals surface area contributed by atoms with Gasteiger partial charge in [-0.05, 0) is 78.4 Å². The van der Waals surface area contributed by atoms with E-state index < -0.39 is 17.7 Å². The van der Waals surface area contributed by atoms with E-state index >= 15 is 0 Å². The second-order valence-corrected chi connectivity index (χ2v) is 9.29. The summed E-state index contributed by atoms with van der Waals surface area (Å²) in [4.78, 5) is 28.4. The van der Waals surface area contributed by atoms with Crippen molar-refractivity contribution in [3.05, 3.63) is 94.1 Å². The first-order chi connectivity index (χ1) is 17.2. The first-order valence-corrected chi connectivity index (χ1v) is 11.9. The molecular weight excluding hydrogens is 454 g/mol. The molecule has 1 aliphatic rings. The topological polar surface area (TPSA) is 76.1 Å². The van der Waals surface area contributed by atoms with E-state index in [1.165, 1.54) is 4.90 Å². The Morgan fingerprint density at radius 1 is 0.917 bits per heavy atom. The van der Waals surface area contributed by atoms with E-state index in [2.05, 4.69) is 0 Å². The predicted molar refractivity (Wildman–Crippen MR) is 141 cm³/mol. The molecule has 186 valence electrons. The summed E-state index contributed by atoms with van der Waals surface area (Å²) in [6.07, 6.45) is 0. The van der Waals surface area contributed by atoms with Crippen molar-refractivity contribution in [3.8, 4) is 11.5 Å². The fourth-order valence-electron chi connectivity index (χ4n) is 4.76. The van der Waals surface area contributed by atoms with Crippen LogP contribution in [0.2, 0.25) is 0 Å². The molecule has 3 aromatic rings. The molecule has 0 aliphatic carbocycles. The quantitative estimate of drug-likeness (QED) is 0.261. The molecule has 1 fully saturated rings. The molecule has 0 aromatic heterocycles. The standard InChI is InChI=1S/C30H31NO5/c1-17(2)23-16-24(19(4)15-25(23)36-6)28(32)26-27(22-10-8-7-9-18(22)3)31(30(34)29(26)33)20-11-13-21(35-5)14-12-20/h7-17,27,32H,1-6H3/b28-26+. The third-order valence-corrected chi connectivity index (χ3v) is 6.73. The van der Waals surface area contributed by atoms with Crippen LogP contribution in [0, 0.1) is 13.8 Å². The van der Waals surface area contributed by atoms with Gasteiger partial charge < -0.3 is 14.6 Å². The highest BCUT2D eigenvalue weighted by Gasteiger charge is 2.47. The van der Waals surface area contributed by atoms with Gasteiger partial charge in [-0.25, -0.2) is 0 Å². The van der Waals surface area contributed by atoms with Crippen LogP contribution in [-0.2, 0) is 9.59 Å². The van der Waals surface area contributed by atoms with Crippen LogP contribution >= 0.6 is 0 Å². The van der Waals surface area contributed by atoms with E-state index in [4.69, 9.17) is 9.47 Å². The van der Waals surface area contributed by atoms with Gasteiger partial charge in [0.15, 0.2) is 0 Å². The molecule has 3 aromatic carbocycles. The van der Waals surface area contributed by atoms with Crippen LogP contribution < -0.4 is 14.4 Å². The van der Waals surface area contributed by atoms with Gasteiger partial charge in [0.25, 0.3) is 11.7 Å². The van der Waals surface area contributed by atoms with Gasteiger partial charge in [0, 0.05) is 11.3 Å². The number of ether oxygens (including phenoxy) is 2. The summed E-state index contributed by atoms with van der Waals surface area (Å²) in [5, 5.41) is 11.6. The molecule has 0 spiro atoms. The van der Waals surface area contributed by atoms with Gasteiger partial charge in [-0.2, -0.15) is 0 Å². The van der Waals surface area contributed by atoms with Gasteiger partial charge in [-0.3, -0.25) is 14.5 Å². The second-order valence-electron chi connectivity index (χ2n) is 9.29. The minimum Gasteiger partial charge on any atom is -0.507 e. The number of aliphatic hydroxyl groups excluding tert-OH is 1. The summed E-state index contributed by atoms with van der Waals surface area (Å²) in [7, 11) is 3.18. The van der Waals surface area contributed by atoms with Crippen LogP contribution in [0.1, 0.15) is 53.6 Å². The summed E-state index contributed by atoms with van der Waals surface area (Å²) in [6.45, 7) is 7.85. The Labute approximate surface area is 211 Å². The van der Waals surface area contributed by atoms with Crippen molar-refractivity contribution in [1.82, 2.24) is 0 Å². The first-order valence-electron chi connectivity index (χ1n) is 11.9. The number of hydrogen-bond donors (Lipinski definition) is 1. The molecule has 1 amide bonds. The number of methoxy groups -OCH3 is 2. The van der Waals surface area contributed by atoms with Crippen molar-refractivity contribution in [2.45, 2.75) is 39.7 Å². The number of aliphatic hydroxyl groups is 1. The Kier molecular flexibility index (Phi) is 6.88. The number of Topliss-reactive ketones (excluding diaryl/α,β-unsaturated/α-hetero) is 1. The number of rotatable bonds is 6. The molecule has 1 N–H and O–H groups in total. The highest BCUT2D eigenvalue weighted by Crippen LogP contribution is 2.44. The lowest BCUT2D eigenvalue weighted by molar-refractivity contribution is -0.132. The fourth-order valence-corrected chi connectivity index (χ4v) is 4.76. The monoisotopic (exact) mass is 485 g/mol. The third-order valence-electron chi connectivity index (χ3n) is 6.73. The second kappa shape index (κ2) is 9.90. The van der Waals surface area contributed by atoms with E-state index in [0.29, 0.717) is 22.7 Å². The minimum atomic E-state index is -0.788. The number of anilines is 1. The molecule has 1 unspecified atom stereocenters. The Balaban J connectivity index is 1.99. The fraction of sp³-hybridized carbons (Fsp3) is 0.267. The van der Waals surface area contributed by atoms with E-state index in [0.717, 1.165) is 22.3 Å². The van der Waals surface area contributed by atoms with E-state index in [1.54, 1.807) is 38.5 Å². The number of amides is 1. The lowest BCUT2D eigenvalue weighted by Gasteiger charge is -2.27. The molecule has 36 heavy (non-hydrogen) atoms. The molecule has 1 heterocycles. The zero-order valence-corrected chi connectivity index (χ0v) is 21.5. The van der Waals surface area contributed by atoms with Crippen molar-refractivity contribution < 1.29 is 24.2 Å². The smallest absolute Gasteiger partial charge is 0.300 e. The van der Waals surface area contributed by atoms with Crippen LogP contribution in [0.3, 0.4) is 0 Å². The number of benzene rings is 3. The Hall–Kier alpha value is -4.06. The number of aryl methyl sites for hydroxylation is 2. The van der Waals surface area contributed by atoms with Gasteiger partial charge in [-0.1, -0.05) is 38.1 Å². The van der Waals surface area contributed by atoms with Gasteiger partial charge in [0.2, 0.25) is 0 Å². The number of nitrogens with zero attached hydrogens (tertiary/aromatic N) is 1. The Morgan fingerprint density at radius 3 is 2.17 bits per heavy atom. The lowest BCUT2D eigenvalue weighted by atomic mass is 9.89. The predicted octanol–water partition coefficient (Wildman–Crippen LogP) is 6.07. The SMILES string of the molecule is COc1ccc(N2C(=O)C(=O)/C(=C(/O)c3cc(C(C)C)c(OC)cc3C)C2c2ccccc2C)cc1. The summed E-state index contributed by atoms with van der Waals surface area (Å²) in [6, 6.07) is 17.5. The maximum Gasteiger partial charge on any atom is 0.300 e. The summed E-state index contributed by atoms with van der Waals surface area (Å²) in [5.74, 6) is -0.130. The molecule has 0 saturated carbocycles. The van der Waals surface area contributed by atoms with Crippen molar-refractivity contribution in [2.75, 3.05) is 19.1 Å². The average Bonchev–Trinajstić information content (AvgIpc) is 3.13. The normalized spacial score (nSPS) is 17.1. The maximum atomic E-state index is 13.5. The van der Waals surface area contributed by atoms with Crippen molar-refractivity contribution >= 4 is 23.1 Å². The molecule has 1 atom stereocenters. The average molecular weight is 486 g/mol. The van der Waals surface area contributed by atoms with Gasteiger partial charge in [0.1, 0.15) is 17.3 Å². The van der Waals surface area contributed by atoms with Crippen LogP contribution in [0.4, 0.5) is 5.69 Å². The van der Waals surface area contributed by atoms with Crippen LogP contribution in [0.15, 0.2) is 66.2 Å².